The van der Waals surface area contributed by atoms with Crippen molar-refractivity contribution in [2.45, 2.75) is 46.1 Å². The lowest BCUT2D eigenvalue weighted by Crippen LogP contribution is -2.42. The van der Waals surface area contributed by atoms with Crippen LogP contribution in [-0.2, 0) is 4.79 Å². The number of carbonyl (C=O) groups excluding carboxylic acids is 1. The summed E-state index contributed by atoms with van der Waals surface area (Å²) in [6.45, 7) is 8.10. The molecule has 1 aliphatic heterocycles. The first kappa shape index (κ1) is 15.7. The summed E-state index contributed by atoms with van der Waals surface area (Å²) in [6.07, 6.45) is 3.51. The van der Waals surface area contributed by atoms with Crippen LogP contribution < -0.4 is 5.73 Å². The van der Waals surface area contributed by atoms with Gasteiger partial charge in [0.1, 0.15) is 0 Å². The molecule has 16 heavy (non-hydrogen) atoms. The molecule has 1 rings (SSSR count). The minimum Gasteiger partial charge on any atom is -0.341 e. The van der Waals surface area contributed by atoms with Gasteiger partial charge in [-0.3, -0.25) is 4.79 Å². The van der Waals surface area contributed by atoms with Crippen LogP contribution in [0.2, 0.25) is 0 Å². The summed E-state index contributed by atoms with van der Waals surface area (Å²) in [5, 5.41) is 0. The Bertz CT molecular complexity index is 219. The van der Waals surface area contributed by atoms with Crippen LogP contribution in [0.1, 0.15) is 40.0 Å². The average Bonchev–Trinajstić information content (AvgIpc) is 2.41. The molecule has 0 aromatic carbocycles. The van der Waals surface area contributed by atoms with E-state index < -0.39 is 0 Å². The Hall–Kier alpha value is -0.280. The molecule has 2 unspecified atom stereocenters. The summed E-state index contributed by atoms with van der Waals surface area (Å²) in [5.74, 6) is 1.62. The Kier molecular flexibility index (Phi) is 7.00. The Morgan fingerprint density at radius 1 is 1.25 bits per heavy atom. The second kappa shape index (κ2) is 7.13. The molecule has 1 heterocycles. The van der Waals surface area contributed by atoms with Crippen molar-refractivity contribution < 1.29 is 4.79 Å². The molecule has 0 aliphatic carbocycles. The number of nitrogens with two attached hydrogens (primary N) is 1. The van der Waals surface area contributed by atoms with Crippen molar-refractivity contribution in [3.05, 3.63) is 0 Å². The second-order valence-corrected chi connectivity index (χ2v) is 5.05. The van der Waals surface area contributed by atoms with Gasteiger partial charge in [-0.05, 0) is 38.0 Å². The number of likely N-dealkylation sites (tertiary alicyclic amines) is 1. The molecular weight excluding hydrogens is 224 g/mol. The lowest BCUT2D eigenvalue weighted by atomic mass is 9.89. The number of amides is 1. The van der Waals surface area contributed by atoms with E-state index in [9.17, 15) is 4.79 Å². The highest BCUT2D eigenvalue weighted by molar-refractivity contribution is 5.85. The van der Waals surface area contributed by atoms with Gasteiger partial charge in [0.2, 0.25) is 5.91 Å². The van der Waals surface area contributed by atoms with E-state index >= 15 is 0 Å². The third kappa shape index (κ3) is 4.30. The van der Waals surface area contributed by atoms with E-state index in [1.165, 1.54) is 6.42 Å². The maximum absolute atomic E-state index is 11.7. The molecule has 0 radical (unpaired) electrons. The predicted octanol–water partition coefficient (Wildman–Crippen LogP) is 2.04. The van der Waals surface area contributed by atoms with Gasteiger partial charge in [0, 0.05) is 13.1 Å². The van der Waals surface area contributed by atoms with Gasteiger partial charge in [0.05, 0.1) is 6.04 Å². The summed E-state index contributed by atoms with van der Waals surface area (Å²) in [6, 6.07) is -0.347. The van der Waals surface area contributed by atoms with Crippen LogP contribution >= 0.6 is 12.4 Å². The molecular formula is C12H25ClN2O. The average molecular weight is 249 g/mol. The summed E-state index contributed by atoms with van der Waals surface area (Å²) in [5.41, 5.74) is 5.62. The normalized spacial score (nSPS) is 23.6. The highest BCUT2D eigenvalue weighted by Crippen LogP contribution is 2.24. The van der Waals surface area contributed by atoms with Gasteiger partial charge in [0.25, 0.3) is 0 Å². The van der Waals surface area contributed by atoms with Gasteiger partial charge in [-0.2, -0.15) is 0 Å². The van der Waals surface area contributed by atoms with Crippen LogP contribution in [0.5, 0.6) is 0 Å². The molecule has 0 aromatic heterocycles. The molecule has 0 saturated carbocycles. The molecule has 0 spiro atoms. The van der Waals surface area contributed by atoms with Crippen molar-refractivity contribution >= 4 is 18.3 Å². The van der Waals surface area contributed by atoms with Crippen LogP contribution in [0, 0.1) is 11.8 Å². The topological polar surface area (TPSA) is 46.3 Å². The fourth-order valence-corrected chi connectivity index (χ4v) is 2.30. The first-order chi connectivity index (χ1) is 7.02. The molecule has 96 valence electrons. The summed E-state index contributed by atoms with van der Waals surface area (Å²) in [4.78, 5) is 13.7. The van der Waals surface area contributed by atoms with Crippen molar-refractivity contribution in [1.82, 2.24) is 4.90 Å². The highest BCUT2D eigenvalue weighted by atomic mass is 35.5. The third-order valence-corrected chi connectivity index (χ3v) is 3.42. The van der Waals surface area contributed by atoms with Crippen LogP contribution in [-0.4, -0.2) is 29.9 Å². The molecule has 1 aliphatic rings. The molecule has 4 heteroatoms. The first-order valence-electron chi connectivity index (χ1n) is 6.06. The lowest BCUT2D eigenvalue weighted by Gasteiger charge is -2.23. The Morgan fingerprint density at radius 3 is 2.38 bits per heavy atom. The standard InChI is InChI=1S/C12H24N2O.ClH/c1-9(2)11-5-4-7-14(8-6-11)12(15)10(3)13;/h9-11H,4-8,13H2,1-3H3;1H. The fourth-order valence-electron chi connectivity index (χ4n) is 2.30. The summed E-state index contributed by atoms with van der Waals surface area (Å²) in [7, 11) is 0. The van der Waals surface area contributed by atoms with Gasteiger partial charge >= 0.3 is 0 Å². The number of halogens is 1. The van der Waals surface area contributed by atoms with Crippen molar-refractivity contribution in [2.75, 3.05) is 13.1 Å². The maximum Gasteiger partial charge on any atom is 0.239 e. The fraction of sp³-hybridized carbons (Fsp3) is 0.917. The predicted molar refractivity (Wildman–Crippen MR) is 69.7 cm³/mol. The van der Waals surface area contributed by atoms with E-state index in [0.717, 1.165) is 37.8 Å². The number of rotatable bonds is 2. The SMILES string of the molecule is CC(N)C(=O)N1CCCC(C(C)C)CC1.Cl. The molecule has 2 atom stereocenters. The van der Waals surface area contributed by atoms with Gasteiger partial charge in [-0.1, -0.05) is 13.8 Å². The minimum absolute atomic E-state index is 0. The van der Waals surface area contributed by atoms with E-state index in [0.29, 0.717) is 0 Å². The Labute approximate surface area is 105 Å². The van der Waals surface area contributed by atoms with Crippen LogP contribution in [0.3, 0.4) is 0 Å². The molecule has 2 N–H and O–H groups in total. The summed E-state index contributed by atoms with van der Waals surface area (Å²) >= 11 is 0. The first-order valence-corrected chi connectivity index (χ1v) is 6.06. The van der Waals surface area contributed by atoms with Gasteiger partial charge < -0.3 is 10.6 Å². The van der Waals surface area contributed by atoms with Crippen LogP contribution in [0.4, 0.5) is 0 Å². The molecule has 1 amide bonds. The molecule has 3 nitrogen and oxygen atoms in total. The zero-order valence-electron chi connectivity index (χ0n) is 10.6. The van der Waals surface area contributed by atoms with Crippen LogP contribution in [0.15, 0.2) is 0 Å². The number of hydrogen-bond donors (Lipinski definition) is 1. The maximum atomic E-state index is 11.7. The van der Waals surface area contributed by atoms with Gasteiger partial charge in [-0.25, -0.2) is 0 Å². The second-order valence-electron chi connectivity index (χ2n) is 5.05. The largest absolute Gasteiger partial charge is 0.341 e. The molecule has 0 aromatic rings. The Morgan fingerprint density at radius 2 is 1.88 bits per heavy atom. The van der Waals surface area contributed by atoms with E-state index in [1.54, 1.807) is 6.92 Å². The zero-order valence-corrected chi connectivity index (χ0v) is 11.4. The number of carbonyl (C=O) groups is 1. The molecule has 0 bridgehead atoms. The molecule has 1 fully saturated rings. The zero-order chi connectivity index (χ0) is 11.4. The minimum atomic E-state index is -0.347. The lowest BCUT2D eigenvalue weighted by molar-refractivity contribution is -0.132. The Balaban J connectivity index is 0.00000225. The van der Waals surface area contributed by atoms with Crippen molar-refractivity contribution in [1.29, 1.82) is 0 Å². The van der Waals surface area contributed by atoms with Crippen LogP contribution in [0.25, 0.3) is 0 Å². The monoisotopic (exact) mass is 248 g/mol. The van der Waals surface area contributed by atoms with E-state index in [4.69, 9.17) is 5.73 Å². The number of hydrogen-bond acceptors (Lipinski definition) is 2. The summed E-state index contributed by atoms with van der Waals surface area (Å²) < 4.78 is 0. The van der Waals surface area contributed by atoms with Gasteiger partial charge in [0.15, 0.2) is 0 Å². The molecule has 1 saturated heterocycles. The van der Waals surface area contributed by atoms with E-state index in [-0.39, 0.29) is 24.4 Å². The van der Waals surface area contributed by atoms with Crippen molar-refractivity contribution in [2.24, 2.45) is 17.6 Å². The van der Waals surface area contributed by atoms with Crippen molar-refractivity contribution in [3.8, 4) is 0 Å². The van der Waals surface area contributed by atoms with Gasteiger partial charge in [-0.15, -0.1) is 12.4 Å². The van der Waals surface area contributed by atoms with E-state index in [2.05, 4.69) is 13.8 Å². The number of nitrogens with zero attached hydrogens (tertiary/aromatic N) is 1. The van der Waals surface area contributed by atoms with E-state index in [1.807, 2.05) is 4.90 Å². The third-order valence-electron chi connectivity index (χ3n) is 3.42. The smallest absolute Gasteiger partial charge is 0.239 e. The quantitative estimate of drug-likeness (QED) is 0.813. The highest BCUT2D eigenvalue weighted by Gasteiger charge is 2.23. The van der Waals surface area contributed by atoms with Crippen molar-refractivity contribution in [3.63, 3.8) is 0 Å².